The number of aromatic nitrogens is 2. The summed E-state index contributed by atoms with van der Waals surface area (Å²) in [6.45, 7) is 1.78. The second-order valence-corrected chi connectivity index (χ2v) is 4.94. The van der Waals surface area contributed by atoms with Gasteiger partial charge in [0, 0.05) is 12.7 Å². The number of hydrogen-bond acceptors (Lipinski definition) is 3. The first-order valence-electron chi connectivity index (χ1n) is 6.67. The number of carbonyl (C=O) groups excluding carboxylic acids is 2. The number of nitrogens with zero attached hydrogens (tertiary/aromatic N) is 2. The van der Waals surface area contributed by atoms with Crippen LogP contribution in [0.3, 0.4) is 0 Å². The molecular weight excluding hydrogens is 284 g/mol. The van der Waals surface area contributed by atoms with Crippen molar-refractivity contribution in [2.75, 3.05) is 0 Å². The van der Waals surface area contributed by atoms with Crippen LogP contribution in [-0.2, 0) is 11.8 Å². The Morgan fingerprint density at radius 2 is 1.73 bits per heavy atom. The highest BCUT2D eigenvalue weighted by atomic mass is 16.2. The van der Waals surface area contributed by atoms with Crippen LogP contribution in [0.1, 0.15) is 11.3 Å². The minimum Gasteiger partial charge on any atom is -0.303 e. The molecule has 0 unspecified atom stereocenters. The minimum absolute atomic E-state index is 0.0658. The van der Waals surface area contributed by atoms with E-state index in [4.69, 9.17) is 0 Å². The van der Waals surface area contributed by atoms with Crippen LogP contribution in [0.5, 0.6) is 0 Å². The van der Waals surface area contributed by atoms with Gasteiger partial charge in [-0.15, -0.1) is 0 Å². The van der Waals surface area contributed by atoms with Crippen LogP contribution in [0.15, 0.2) is 40.8 Å². The molecule has 1 fully saturated rings. The van der Waals surface area contributed by atoms with E-state index >= 15 is 0 Å². The van der Waals surface area contributed by atoms with Gasteiger partial charge in [0.1, 0.15) is 5.70 Å². The van der Waals surface area contributed by atoms with Crippen LogP contribution < -0.4 is 16.2 Å². The number of nitrogens with one attached hydrogen (secondary N) is 2. The first-order valence-corrected chi connectivity index (χ1v) is 6.67. The van der Waals surface area contributed by atoms with Crippen molar-refractivity contribution < 1.29 is 9.59 Å². The summed E-state index contributed by atoms with van der Waals surface area (Å²) in [5, 5.41) is 4.49. The molecule has 1 aromatic carbocycles. The van der Waals surface area contributed by atoms with Gasteiger partial charge < -0.3 is 5.32 Å². The van der Waals surface area contributed by atoms with Gasteiger partial charge in [0.25, 0.3) is 11.5 Å². The molecule has 3 amide bonds. The molecule has 0 bridgehead atoms. The molecule has 112 valence electrons. The van der Waals surface area contributed by atoms with Gasteiger partial charge in [0.15, 0.2) is 0 Å². The Kier molecular flexibility index (Phi) is 3.17. The fourth-order valence-corrected chi connectivity index (χ4v) is 2.38. The third-order valence-electron chi connectivity index (χ3n) is 3.61. The van der Waals surface area contributed by atoms with E-state index in [1.165, 1.54) is 10.8 Å². The lowest BCUT2D eigenvalue weighted by Crippen LogP contribution is -2.22. The van der Waals surface area contributed by atoms with Crippen molar-refractivity contribution >= 4 is 18.0 Å². The predicted octanol–water partition coefficient (Wildman–Crippen LogP) is 0.665. The zero-order chi connectivity index (χ0) is 15.9. The number of imide groups is 1. The Morgan fingerprint density at radius 3 is 2.32 bits per heavy atom. The van der Waals surface area contributed by atoms with Gasteiger partial charge >= 0.3 is 6.03 Å². The van der Waals surface area contributed by atoms with Crippen LogP contribution in [0.25, 0.3) is 11.8 Å². The zero-order valence-electron chi connectivity index (χ0n) is 12.1. The highest BCUT2D eigenvalue weighted by Gasteiger charge is 2.24. The second-order valence-electron chi connectivity index (χ2n) is 4.94. The molecule has 0 aliphatic carbocycles. The van der Waals surface area contributed by atoms with Crippen LogP contribution in [0.2, 0.25) is 0 Å². The number of rotatable bonds is 2. The van der Waals surface area contributed by atoms with Gasteiger partial charge in [0.2, 0.25) is 0 Å². The van der Waals surface area contributed by atoms with E-state index in [0.717, 1.165) is 5.69 Å². The predicted molar refractivity (Wildman–Crippen MR) is 80.4 cm³/mol. The Hall–Kier alpha value is -3.09. The summed E-state index contributed by atoms with van der Waals surface area (Å²) in [5.41, 5.74) is 1.58. The molecule has 1 aliphatic rings. The summed E-state index contributed by atoms with van der Waals surface area (Å²) in [7, 11) is 1.76. The van der Waals surface area contributed by atoms with Crippen molar-refractivity contribution in [1.29, 1.82) is 0 Å². The minimum atomic E-state index is -0.590. The maximum atomic E-state index is 12.6. The monoisotopic (exact) mass is 298 g/mol. The van der Waals surface area contributed by atoms with Crippen molar-refractivity contribution in [1.82, 2.24) is 20.0 Å². The molecule has 2 heterocycles. The molecule has 0 saturated carbocycles. The molecule has 7 heteroatoms. The van der Waals surface area contributed by atoms with Crippen molar-refractivity contribution in [3.63, 3.8) is 0 Å². The maximum absolute atomic E-state index is 12.6. The van der Waals surface area contributed by atoms with E-state index in [1.54, 1.807) is 18.7 Å². The number of para-hydroxylation sites is 1. The Balaban J connectivity index is 2.16. The average Bonchev–Trinajstić information content (AvgIpc) is 2.92. The van der Waals surface area contributed by atoms with Crippen LogP contribution >= 0.6 is 0 Å². The van der Waals surface area contributed by atoms with Gasteiger partial charge in [-0.3, -0.25) is 19.6 Å². The molecule has 0 atom stereocenters. The number of carbonyl (C=O) groups is 2. The van der Waals surface area contributed by atoms with Gasteiger partial charge in [-0.2, -0.15) is 0 Å². The van der Waals surface area contributed by atoms with Gasteiger partial charge in [-0.05, 0) is 25.1 Å². The highest BCUT2D eigenvalue weighted by molar-refractivity contribution is 6.14. The van der Waals surface area contributed by atoms with Crippen LogP contribution in [-0.4, -0.2) is 21.3 Å². The Bertz CT molecular complexity index is 859. The lowest BCUT2D eigenvalue weighted by atomic mass is 10.2. The smallest absolute Gasteiger partial charge is 0.303 e. The standard InChI is InChI=1S/C15H14N4O3/c1-9-11(8-12-13(20)17-15(22)16-12)14(21)19(18(9)2)10-6-4-3-5-7-10/h3-8H,1-2H3,(H2,16,17,20,22)/b12-8-. The molecule has 7 nitrogen and oxygen atoms in total. The lowest BCUT2D eigenvalue weighted by molar-refractivity contribution is -0.115. The topological polar surface area (TPSA) is 85.1 Å². The third-order valence-corrected chi connectivity index (χ3v) is 3.61. The lowest BCUT2D eigenvalue weighted by Gasteiger charge is -2.07. The molecule has 1 aliphatic heterocycles. The summed E-state index contributed by atoms with van der Waals surface area (Å²) in [6.07, 6.45) is 1.40. The van der Waals surface area contributed by atoms with Gasteiger partial charge in [0.05, 0.1) is 11.3 Å². The first-order chi connectivity index (χ1) is 10.5. The summed E-state index contributed by atoms with van der Waals surface area (Å²) in [5.74, 6) is -0.543. The highest BCUT2D eigenvalue weighted by Crippen LogP contribution is 2.13. The van der Waals surface area contributed by atoms with E-state index < -0.39 is 11.9 Å². The molecule has 0 spiro atoms. The fraction of sp³-hybridized carbons (Fsp3) is 0.133. The van der Waals surface area contributed by atoms with E-state index in [1.807, 2.05) is 30.3 Å². The van der Waals surface area contributed by atoms with E-state index in [9.17, 15) is 14.4 Å². The summed E-state index contributed by atoms with van der Waals surface area (Å²) >= 11 is 0. The second kappa shape index (κ2) is 5.03. The fourth-order valence-electron chi connectivity index (χ4n) is 2.38. The normalized spacial score (nSPS) is 16.0. The van der Waals surface area contributed by atoms with Crippen molar-refractivity contribution in [3.8, 4) is 5.69 Å². The summed E-state index contributed by atoms with van der Waals surface area (Å²) in [6, 6.07) is 8.60. The maximum Gasteiger partial charge on any atom is 0.326 e. The Labute approximate surface area is 125 Å². The SMILES string of the molecule is Cc1c(/C=C2\NC(=O)NC2=O)c(=O)n(-c2ccccc2)n1C. The van der Waals surface area contributed by atoms with Crippen molar-refractivity contribution in [2.24, 2.45) is 7.05 Å². The number of hydrogen-bond donors (Lipinski definition) is 2. The largest absolute Gasteiger partial charge is 0.326 e. The quantitative estimate of drug-likeness (QED) is 0.631. The first kappa shape index (κ1) is 13.9. The molecule has 1 saturated heterocycles. The number of benzene rings is 1. The molecule has 1 aromatic heterocycles. The Morgan fingerprint density at radius 1 is 1.05 bits per heavy atom. The third kappa shape index (κ3) is 2.12. The molecular formula is C15H14N4O3. The molecule has 2 aromatic rings. The van der Waals surface area contributed by atoms with E-state index in [0.29, 0.717) is 11.3 Å². The van der Waals surface area contributed by atoms with Crippen LogP contribution in [0.4, 0.5) is 4.79 Å². The zero-order valence-corrected chi connectivity index (χ0v) is 12.1. The number of amides is 3. The van der Waals surface area contributed by atoms with E-state index in [-0.39, 0.29) is 11.3 Å². The van der Waals surface area contributed by atoms with Crippen molar-refractivity contribution in [3.05, 3.63) is 57.6 Å². The summed E-state index contributed by atoms with van der Waals surface area (Å²) < 4.78 is 3.22. The molecule has 3 rings (SSSR count). The molecule has 0 radical (unpaired) electrons. The molecule has 2 N–H and O–H groups in total. The van der Waals surface area contributed by atoms with Crippen molar-refractivity contribution in [2.45, 2.75) is 6.92 Å². The van der Waals surface area contributed by atoms with Gasteiger partial charge in [-0.1, -0.05) is 18.2 Å². The summed E-state index contributed by atoms with van der Waals surface area (Å²) in [4.78, 5) is 35.4. The molecule has 22 heavy (non-hydrogen) atoms. The average molecular weight is 298 g/mol. The number of urea groups is 1. The van der Waals surface area contributed by atoms with Gasteiger partial charge in [-0.25, -0.2) is 9.48 Å². The van der Waals surface area contributed by atoms with E-state index in [2.05, 4.69) is 10.6 Å². The van der Waals surface area contributed by atoms with Crippen LogP contribution in [0, 0.1) is 6.92 Å².